The first kappa shape index (κ1) is 18.2. The van der Waals surface area contributed by atoms with E-state index >= 15 is 0 Å². The van der Waals surface area contributed by atoms with Crippen molar-refractivity contribution < 1.29 is 18.7 Å². The molecule has 1 atom stereocenters. The molecule has 1 N–H and O–H groups in total. The molecule has 8 heteroatoms. The molecule has 5 nitrogen and oxygen atoms in total. The smallest absolute Gasteiger partial charge is 0.312 e. The van der Waals surface area contributed by atoms with Gasteiger partial charge >= 0.3 is 5.97 Å². The van der Waals surface area contributed by atoms with E-state index < -0.39 is 23.8 Å². The van der Waals surface area contributed by atoms with Crippen molar-refractivity contribution in [1.82, 2.24) is 4.98 Å². The standard InChI is InChI=1S/C18H15FN2O3S2/c1-11(17(23)20-13-6-4-12(19)5-7-13)24-16(22)9-14-10-26-18(21-14)15-3-2-8-25-15/h2-8,10-11H,9H2,1H3,(H,20,23)/t11-/m0/s1. The van der Waals surface area contributed by atoms with E-state index in [0.29, 0.717) is 11.4 Å². The van der Waals surface area contributed by atoms with Crippen LogP contribution in [0.15, 0.2) is 47.2 Å². The van der Waals surface area contributed by atoms with Crippen molar-refractivity contribution in [2.24, 2.45) is 0 Å². The van der Waals surface area contributed by atoms with Crippen LogP contribution < -0.4 is 5.32 Å². The second-order valence-electron chi connectivity index (χ2n) is 5.43. The first-order valence-corrected chi connectivity index (χ1v) is 9.51. The molecular formula is C18H15FN2O3S2. The number of rotatable bonds is 6. The second-order valence-corrected chi connectivity index (χ2v) is 7.23. The normalized spacial score (nSPS) is 11.8. The number of nitrogens with zero attached hydrogens (tertiary/aromatic N) is 1. The van der Waals surface area contributed by atoms with Crippen LogP contribution in [0.5, 0.6) is 0 Å². The number of halogens is 1. The van der Waals surface area contributed by atoms with Gasteiger partial charge in [-0.05, 0) is 42.6 Å². The third-order valence-electron chi connectivity index (χ3n) is 3.40. The van der Waals surface area contributed by atoms with Crippen molar-refractivity contribution >= 4 is 40.2 Å². The minimum atomic E-state index is -0.969. The molecule has 134 valence electrons. The van der Waals surface area contributed by atoms with Crippen LogP contribution in [0, 0.1) is 5.82 Å². The zero-order valence-corrected chi connectivity index (χ0v) is 15.4. The summed E-state index contributed by atoms with van der Waals surface area (Å²) in [6, 6.07) is 9.25. The summed E-state index contributed by atoms with van der Waals surface area (Å²) in [5, 5.41) is 7.19. The molecule has 0 bridgehead atoms. The van der Waals surface area contributed by atoms with E-state index in [9.17, 15) is 14.0 Å². The average molecular weight is 390 g/mol. The highest BCUT2D eigenvalue weighted by atomic mass is 32.1. The summed E-state index contributed by atoms with van der Waals surface area (Å²) in [5.74, 6) is -1.41. The summed E-state index contributed by atoms with van der Waals surface area (Å²) in [7, 11) is 0. The maximum atomic E-state index is 12.9. The summed E-state index contributed by atoms with van der Waals surface area (Å²) in [6.07, 6.45) is -0.973. The minimum Gasteiger partial charge on any atom is -0.452 e. The fraction of sp³-hybridized carbons (Fsp3) is 0.167. The summed E-state index contributed by atoms with van der Waals surface area (Å²) < 4.78 is 18.0. The summed E-state index contributed by atoms with van der Waals surface area (Å²) >= 11 is 3.04. The Morgan fingerprint density at radius 3 is 2.69 bits per heavy atom. The predicted octanol–water partition coefficient (Wildman–Crippen LogP) is 4.12. The van der Waals surface area contributed by atoms with Gasteiger partial charge in [-0.2, -0.15) is 0 Å². The van der Waals surface area contributed by atoms with Gasteiger partial charge in [0.15, 0.2) is 6.10 Å². The number of esters is 1. The number of ether oxygens (including phenoxy) is 1. The molecule has 2 aromatic heterocycles. The highest BCUT2D eigenvalue weighted by molar-refractivity contribution is 7.20. The SMILES string of the molecule is C[C@H](OC(=O)Cc1csc(-c2cccs2)n1)C(=O)Nc1ccc(F)cc1. The molecule has 26 heavy (non-hydrogen) atoms. The number of thiophene rings is 1. The quantitative estimate of drug-likeness (QED) is 0.643. The Labute approximate surface area is 157 Å². The molecule has 3 rings (SSSR count). The average Bonchev–Trinajstić information content (AvgIpc) is 3.28. The molecular weight excluding hydrogens is 375 g/mol. The Morgan fingerprint density at radius 1 is 1.23 bits per heavy atom. The van der Waals surface area contributed by atoms with Crippen LogP contribution in [-0.4, -0.2) is 23.0 Å². The summed E-state index contributed by atoms with van der Waals surface area (Å²) in [4.78, 5) is 29.5. The fourth-order valence-electron chi connectivity index (χ4n) is 2.12. The minimum absolute atomic E-state index is 0.00393. The molecule has 0 spiro atoms. The Balaban J connectivity index is 1.52. The van der Waals surface area contributed by atoms with Crippen molar-refractivity contribution in [2.75, 3.05) is 5.32 Å². The highest BCUT2D eigenvalue weighted by Crippen LogP contribution is 2.28. The number of hydrogen-bond acceptors (Lipinski definition) is 6. The molecule has 3 aromatic rings. The fourth-order valence-corrected chi connectivity index (χ4v) is 3.75. The molecule has 0 saturated carbocycles. The van der Waals surface area contributed by atoms with Gasteiger partial charge in [0.1, 0.15) is 10.8 Å². The van der Waals surface area contributed by atoms with Gasteiger partial charge < -0.3 is 10.1 Å². The molecule has 0 aliphatic rings. The first-order valence-electron chi connectivity index (χ1n) is 7.75. The number of carbonyl (C=O) groups excluding carboxylic acids is 2. The van der Waals surface area contributed by atoms with Gasteiger partial charge in [-0.15, -0.1) is 22.7 Å². The van der Waals surface area contributed by atoms with Crippen LogP contribution in [-0.2, 0) is 20.7 Å². The zero-order valence-electron chi connectivity index (χ0n) is 13.8. The van der Waals surface area contributed by atoms with Gasteiger partial charge in [0.05, 0.1) is 17.0 Å². The number of anilines is 1. The first-order chi connectivity index (χ1) is 12.5. The molecule has 0 aliphatic carbocycles. The van der Waals surface area contributed by atoms with Crippen LogP contribution in [0.1, 0.15) is 12.6 Å². The van der Waals surface area contributed by atoms with Crippen molar-refractivity contribution in [3.63, 3.8) is 0 Å². The van der Waals surface area contributed by atoms with Gasteiger partial charge in [-0.25, -0.2) is 9.37 Å². The lowest BCUT2D eigenvalue weighted by Crippen LogP contribution is -2.30. The Kier molecular flexibility index (Phi) is 5.75. The van der Waals surface area contributed by atoms with Crippen LogP contribution in [0.3, 0.4) is 0 Å². The third-order valence-corrected chi connectivity index (χ3v) is 5.33. The van der Waals surface area contributed by atoms with Gasteiger partial charge in [0, 0.05) is 11.1 Å². The lowest BCUT2D eigenvalue weighted by atomic mass is 10.3. The maximum Gasteiger partial charge on any atom is 0.312 e. The maximum absolute atomic E-state index is 12.9. The molecule has 0 saturated heterocycles. The third kappa shape index (κ3) is 4.74. The van der Waals surface area contributed by atoms with Crippen molar-refractivity contribution in [3.8, 4) is 9.88 Å². The van der Waals surface area contributed by atoms with E-state index in [-0.39, 0.29) is 6.42 Å². The zero-order chi connectivity index (χ0) is 18.5. The molecule has 1 aromatic carbocycles. The lowest BCUT2D eigenvalue weighted by Gasteiger charge is -2.13. The monoisotopic (exact) mass is 390 g/mol. The van der Waals surface area contributed by atoms with E-state index in [0.717, 1.165) is 9.88 Å². The van der Waals surface area contributed by atoms with Crippen molar-refractivity contribution in [2.45, 2.75) is 19.4 Å². The van der Waals surface area contributed by atoms with Crippen molar-refractivity contribution in [1.29, 1.82) is 0 Å². The van der Waals surface area contributed by atoms with E-state index in [4.69, 9.17) is 4.74 Å². The van der Waals surface area contributed by atoms with E-state index in [1.54, 1.807) is 16.7 Å². The Hall–Kier alpha value is -2.58. The van der Waals surface area contributed by atoms with Crippen molar-refractivity contribution in [3.05, 3.63) is 58.7 Å². The number of hydrogen-bond donors (Lipinski definition) is 1. The molecule has 0 fully saturated rings. The summed E-state index contributed by atoms with van der Waals surface area (Å²) in [6.45, 7) is 1.48. The van der Waals surface area contributed by atoms with Crippen LogP contribution in [0.2, 0.25) is 0 Å². The molecule has 2 heterocycles. The largest absolute Gasteiger partial charge is 0.452 e. The lowest BCUT2D eigenvalue weighted by molar-refractivity contribution is -0.152. The number of amides is 1. The van der Waals surface area contributed by atoms with E-state index in [1.807, 2.05) is 17.5 Å². The summed E-state index contributed by atoms with van der Waals surface area (Å²) in [5.41, 5.74) is 1.04. The van der Waals surface area contributed by atoms with Crippen LogP contribution >= 0.6 is 22.7 Å². The molecule has 0 unspecified atom stereocenters. The number of aromatic nitrogens is 1. The highest BCUT2D eigenvalue weighted by Gasteiger charge is 2.19. The van der Waals surface area contributed by atoms with E-state index in [1.165, 1.54) is 42.5 Å². The van der Waals surface area contributed by atoms with Crippen LogP contribution in [0.4, 0.5) is 10.1 Å². The molecule has 0 aliphatic heterocycles. The molecule has 0 radical (unpaired) electrons. The van der Waals surface area contributed by atoms with Gasteiger partial charge in [0.2, 0.25) is 0 Å². The number of benzene rings is 1. The van der Waals surface area contributed by atoms with Crippen LogP contribution in [0.25, 0.3) is 9.88 Å². The predicted molar refractivity (Wildman–Crippen MR) is 99.7 cm³/mol. The molecule has 1 amide bonds. The number of nitrogens with one attached hydrogen (secondary N) is 1. The van der Waals surface area contributed by atoms with Gasteiger partial charge in [-0.1, -0.05) is 6.07 Å². The van der Waals surface area contributed by atoms with E-state index in [2.05, 4.69) is 10.3 Å². The second kappa shape index (κ2) is 8.20. The Morgan fingerprint density at radius 2 is 2.00 bits per heavy atom. The Bertz CT molecular complexity index is 892. The number of thiazole rings is 1. The van der Waals surface area contributed by atoms with Gasteiger partial charge in [-0.3, -0.25) is 9.59 Å². The number of carbonyl (C=O) groups is 2. The topological polar surface area (TPSA) is 68.3 Å². The van der Waals surface area contributed by atoms with Gasteiger partial charge in [0.25, 0.3) is 5.91 Å².